The van der Waals surface area contributed by atoms with E-state index in [0.717, 1.165) is 5.56 Å². The summed E-state index contributed by atoms with van der Waals surface area (Å²) >= 11 is 0. The van der Waals surface area contributed by atoms with Crippen LogP contribution in [0, 0.1) is 5.92 Å². The second-order valence-electron chi connectivity index (χ2n) is 7.42. The summed E-state index contributed by atoms with van der Waals surface area (Å²) in [4.78, 5) is 29.7. The largest absolute Gasteiger partial charge is 0.460 e. The predicted octanol–water partition coefficient (Wildman–Crippen LogP) is 0.838. The second-order valence-corrected chi connectivity index (χ2v) is 7.42. The number of rotatable bonds is 8. The third kappa shape index (κ3) is 6.20. The lowest BCUT2D eigenvalue weighted by Crippen LogP contribution is -2.59. The molecule has 156 valence electrons. The number of nitrogens with zero attached hydrogens (tertiary/aromatic N) is 4. The van der Waals surface area contributed by atoms with Crippen molar-refractivity contribution in [1.29, 1.82) is 0 Å². The summed E-state index contributed by atoms with van der Waals surface area (Å²) in [6.07, 6.45) is 0.533. The number of carbonyl (C=O) groups excluding carboxylic acids is 2. The van der Waals surface area contributed by atoms with Crippen molar-refractivity contribution in [2.75, 3.05) is 13.1 Å². The van der Waals surface area contributed by atoms with Gasteiger partial charge in [0.25, 0.3) is 0 Å². The molecule has 4 N–H and O–H groups in total. The number of amides is 1. The Balaban J connectivity index is 2.25. The molecule has 1 amide bonds. The summed E-state index contributed by atoms with van der Waals surface area (Å²) in [7, 11) is -1.51. The fraction of sp³-hybridized carbons (Fsp3) is 0.556. The minimum absolute atomic E-state index is 0.00360. The van der Waals surface area contributed by atoms with Gasteiger partial charge in [-0.25, -0.2) is 0 Å². The molecule has 0 aromatic heterocycles. The zero-order chi connectivity index (χ0) is 21.4. The number of esters is 1. The van der Waals surface area contributed by atoms with Crippen LogP contribution in [0.3, 0.4) is 0 Å². The molecule has 1 unspecified atom stereocenters. The Bertz CT molecular complexity index is 756. The molecule has 1 aliphatic heterocycles. The number of azide groups is 1. The Kier molecular flexibility index (Phi) is 8.04. The van der Waals surface area contributed by atoms with Gasteiger partial charge in [-0.15, -0.1) is 0 Å². The first-order chi connectivity index (χ1) is 13.8. The highest BCUT2D eigenvalue weighted by Crippen LogP contribution is 2.34. The smallest absolute Gasteiger partial charge is 0.451 e. The van der Waals surface area contributed by atoms with Crippen molar-refractivity contribution in [2.24, 2.45) is 16.8 Å². The highest BCUT2D eigenvalue weighted by molar-refractivity contribution is 6.40. The van der Waals surface area contributed by atoms with E-state index < -0.39 is 24.7 Å². The summed E-state index contributed by atoms with van der Waals surface area (Å²) in [5, 5.41) is 22.1. The number of hydrogen-bond acceptors (Lipinski definition) is 7. The molecular weight excluding hydrogens is 377 g/mol. The van der Waals surface area contributed by atoms with Gasteiger partial charge in [0, 0.05) is 18.0 Å². The predicted molar refractivity (Wildman–Crippen MR) is 106 cm³/mol. The van der Waals surface area contributed by atoms with E-state index in [1.807, 2.05) is 18.2 Å². The van der Waals surface area contributed by atoms with Crippen LogP contribution in [0.1, 0.15) is 25.3 Å². The van der Waals surface area contributed by atoms with Crippen molar-refractivity contribution in [3.63, 3.8) is 0 Å². The maximum atomic E-state index is 12.9. The van der Waals surface area contributed by atoms with Crippen LogP contribution >= 0.6 is 0 Å². The lowest BCUT2D eigenvalue weighted by atomic mass is 9.75. The fourth-order valence-corrected chi connectivity index (χ4v) is 3.54. The first-order valence-electron chi connectivity index (χ1n) is 9.45. The van der Waals surface area contributed by atoms with Gasteiger partial charge in [-0.05, 0) is 36.7 Å². The molecule has 2 rings (SSSR count). The van der Waals surface area contributed by atoms with Crippen LogP contribution in [0.4, 0.5) is 0 Å². The van der Waals surface area contributed by atoms with E-state index in [1.54, 1.807) is 12.1 Å². The molecular formula is C18H26BN5O5. The van der Waals surface area contributed by atoms with E-state index in [1.165, 1.54) is 11.8 Å². The summed E-state index contributed by atoms with van der Waals surface area (Å²) in [5.74, 6) is -1.40. The number of hydrogen-bond donors (Lipinski definition) is 3. The van der Waals surface area contributed by atoms with Crippen molar-refractivity contribution in [1.82, 2.24) is 4.90 Å². The van der Waals surface area contributed by atoms with E-state index in [2.05, 4.69) is 10.0 Å². The zero-order valence-electron chi connectivity index (χ0n) is 16.3. The Morgan fingerprint density at radius 3 is 2.72 bits per heavy atom. The molecule has 1 saturated heterocycles. The quantitative estimate of drug-likeness (QED) is 0.191. The Hall–Kier alpha value is -2.59. The van der Waals surface area contributed by atoms with E-state index in [0.29, 0.717) is 6.42 Å². The summed E-state index contributed by atoms with van der Waals surface area (Å²) < 4.78 is 5.41. The molecule has 0 saturated carbocycles. The standard InChI is InChI=1S/C18H26BN5O5/c1-13(20)16(25)24-10-15(7-8-19(27)28)9-18(12-24,22-23-21)17(26)29-11-14-5-3-2-4-6-14/h2-6,13,15,27-28H,7-12,20H2,1H3/t13-,15-,18?/m0/s1. The van der Waals surface area contributed by atoms with Crippen molar-refractivity contribution >= 4 is 19.0 Å². The number of benzene rings is 1. The van der Waals surface area contributed by atoms with Gasteiger partial charge < -0.3 is 25.4 Å². The summed E-state index contributed by atoms with van der Waals surface area (Å²) in [6, 6.07) is 8.27. The van der Waals surface area contributed by atoms with Crippen molar-refractivity contribution in [2.45, 2.75) is 44.3 Å². The number of ether oxygens (including phenoxy) is 1. The lowest BCUT2D eigenvalue weighted by Gasteiger charge is -2.42. The van der Waals surface area contributed by atoms with Crippen molar-refractivity contribution in [3.8, 4) is 0 Å². The Morgan fingerprint density at radius 1 is 1.45 bits per heavy atom. The van der Waals surface area contributed by atoms with Crippen LogP contribution < -0.4 is 5.73 Å². The molecule has 1 aliphatic rings. The van der Waals surface area contributed by atoms with Crippen molar-refractivity contribution in [3.05, 3.63) is 46.3 Å². The van der Waals surface area contributed by atoms with Crippen LogP contribution in [0.15, 0.2) is 35.4 Å². The van der Waals surface area contributed by atoms with E-state index in [4.69, 9.17) is 16.0 Å². The van der Waals surface area contributed by atoms with Gasteiger partial charge in [0.2, 0.25) is 5.91 Å². The Labute approximate surface area is 169 Å². The molecule has 1 fully saturated rings. The third-order valence-corrected chi connectivity index (χ3v) is 4.92. The average Bonchev–Trinajstić information content (AvgIpc) is 2.70. The van der Waals surface area contributed by atoms with Crippen LogP contribution in [-0.4, -0.2) is 58.6 Å². The van der Waals surface area contributed by atoms with E-state index in [-0.39, 0.29) is 44.3 Å². The number of piperidine rings is 1. The molecule has 11 heteroatoms. The van der Waals surface area contributed by atoms with Gasteiger partial charge in [0.15, 0.2) is 5.54 Å². The van der Waals surface area contributed by atoms with Crippen LogP contribution in [-0.2, 0) is 20.9 Å². The highest BCUT2D eigenvalue weighted by Gasteiger charge is 2.48. The minimum atomic E-state index is -1.60. The summed E-state index contributed by atoms with van der Waals surface area (Å²) in [5.41, 5.74) is 14.0. The zero-order valence-corrected chi connectivity index (χ0v) is 16.3. The number of carbonyl (C=O) groups is 2. The second kappa shape index (κ2) is 10.3. The lowest BCUT2D eigenvalue weighted by molar-refractivity contribution is -0.156. The van der Waals surface area contributed by atoms with Crippen LogP contribution in [0.5, 0.6) is 0 Å². The van der Waals surface area contributed by atoms with E-state index in [9.17, 15) is 19.6 Å². The van der Waals surface area contributed by atoms with E-state index >= 15 is 0 Å². The molecule has 10 nitrogen and oxygen atoms in total. The van der Waals surface area contributed by atoms with Gasteiger partial charge in [-0.1, -0.05) is 41.9 Å². The molecule has 3 atom stereocenters. The van der Waals surface area contributed by atoms with Gasteiger partial charge in [0.05, 0.1) is 6.04 Å². The molecule has 1 aromatic rings. The third-order valence-electron chi connectivity index (χ3n) is 4.92. The molecule has 0 spiro atoms. The normalized spacial score (nSPS) is 22.3. The van der Waals surface area contributed by atoms with Gasteiger partial charge in [-0.2, -0.15) is 0 Å². The fourth-order valence-electron chi connectivity index (χ4n) is 3.54. The van der Waals surface area contributed by atoms with Crippen molar-refractivity contribution < 1.29 is 24.4 Å². The summed E-state index contributed by atoms with van der Waals surface area (Å²) in [6.45, 7) is 1.68. The Morgan fingerprint density at radius 2 is 2.14 bits per heavy atom. The molecule has 0 bridgehead atoms. The first kappa shape index (κ1) is 22.7. The number of likely N-dealkylation sites (tertiary alicyclic amines) is 1. The van der Waals surface area contributed by atoms with Gasteiger partial charge >= 0.3 is 13.1 Å². The molecule has 0 aliphatic carbocycles. The molecule has 1 aromatic carbocycles. The van der Waals surface area contributed by atoms with Gasteiger partial charge in [-0.3, -0.25) is 9.59 Å². The SMILES string of the molecule is C[C@H](N)C(=O)N1C[C@@H](CCB(O)O)CC(N=[N+]=[N-])(C(=O)OCc2ccccc2)C1. The topological polar surface area (TPSA) is 162 Å². The maximum absolute atomic E-state index is 12.9. The minimum Gasteiger partial charge on any atom is -0.460 e. The highest BCUT2D eigenvalue weighted by atomic mass is 16.5. The average molecular weight is 403 g/mol. The number of nitrogens with two attached hydrogens (primary N) is 1. The molecule has 29 heavy (non-hydrogen) atoms. The van der Waals surface area contributed by atoms with Gasteiger partial charge in [0.1, 0.15) is 6.61 Å². The monoisotopic (exact) mass is 403 g/mol. The first-order valence-corrected chi connectivity index (χ1v) is 9.45. The maximum Gasteiger partial charge on any atom is 0.451 e. The molecule has 0 radical (unpaired) electrons. The van der Waals surface area contributed by atoms with Crippen LogP contribution in [0.25, 0.3) is 10.4 Å². The van der Waals surface area contributed by atoms with Crippen LogP contribution in [0.2, 0.25) is 6.32 Å². The molecule has 1 heterocycles.